The number of hydrogen-bond donors (Lipinski definition) is 2. The first-order chi connectivity index (χ1) is 8.99. The van der Waals surface area contributed by atoms with Crippen molar-refractivity contribution in [1.29, 1.82) is 0 Å². The van der Waals surface area contributed by atoms with E-state index in [1.165, 1.54) is 12.1 Å². The van der Waals surface area contributed by atoms with E-state index in [1.54, 1.807) is 19.1 Å². The molecule has 0 aliphatic heterocycles. The van der Waals surface area contributed by atoms with Crippen molar-refractivity contribution >= 4 is 23.6 Å². The van der Waals surface area contributed by atoms with Crippen LogP contribution in [0.2, 0.25) is 0 Å². The number of carbonyl (C=O) groups excluding carboxylic acids is 1. The smallest absolute Gasteiger partial charge is 0.316 e. The number of hydrogen-bond acceptors (Lipinski definition) is 3. The number of thioether (sulfide) groups is 1. The maximum atomic E-state index is 12.7. The predicted molar refractivity (Wildman–Crippen MR) is 72.7 cm³/mol. The van der Waals surface area contributed by atoms with Crippen LogP contribution in [0.15, 0.2) is 24.3 Å². The zero-order chi connectivity index (χ0) is 14.3. The van der Waals surface area contributed by atoms with E-state index in [0.29, 0.717) is 13.0 Å². The van der Waals surface area contributed by atoms with Crippen molar-refractivity contribution in [1.82, 2.24) is 5.32 Å². The number of carboxylic acids is 1. The molecule has 0 radical (unpaired) electrons. The van der Waals surface area contributed by atoms with E-state index in [2.05, 4.69) is 5.32 Å². The van der Waals surface area contributed by atoms with Gasteiger partial charge in [-0.2, -0.15) is 0 Å². The molecule has 0 aromatic heterocycles. The van der Waals surface area contributed by atoms with Gasteiger partial charge in [-0.3, -0.25) is 9.59 Å². The Hall–Kier alpha value is -1.56. The lowest BCUT2D eigenvalue weighted by atomic mass is 10.1. The summed E-state index contributed by atoms with van der Waals surface area (Å²) in [6, 6.07) is 6.09. The van der Waals surface area contributed by atoms with Gasteiger partial charge in [-0.15, -0.1) is 11.8 Å². The molecular formula is C13H16FNO3S. The van der Waals surface area contributed by atoms with Gasteiger partial charge in [-0.05, 0) is 31.0 Å². The lowest BCUT2D eigenvalue weighted by Gasteiger charge is -2.07. The summed E-state index contributed by atoms with van der Waals surface area (Å²) in [4.78, 5) is 22.0. The summed E-state index contributed by atoms with van der Waals surface area (Å²) >= 11 is 1.08. The molecule has 1 amide bonds. The van der Waals surface area contributed by atoms with Crippen LogP contribution in [0.25, 0.3) is 0 Å². The molecule has 1 aromatic carbocycles. The van der Waals surface area contributed by atoms with Gasteiger partial charge < -0.3 is 10.4 Å². The fraction of sp³-hybridized carbons (Fsp3) is 0.385. The summed E-state index contributed by atoms with van der Waals surface area (Å²) in [6.07, 6.45) is 0.616. The van der Waals surface area contributed by atoms with Crippen molar-refractivity contribution in [3.05, 3.63) is 35.6 Å². The molecule has 1 atom stereocenters. The Bertz CT molecular complexity index is 436. The third-order valence-corrected chi connectivity index (χ3v) is 3.59. The minimum Gasteiger partial charge on any atom is -0.480 e. The van der Waals surface area contributed by atoms with Gasteiger partial charge in [0.25, 0.3) is 0 Å². The van der Waals surface area contributed by atoms with Crippen molar-refractivity contribution in [2.24, 2.45) is 0 Å². The second kappa shape index (κ2) is 7.78. The lowest BCUT2D eigenvalue weighted by molar-refractivity contribution is -0.136. The summed E-state index contributed by atoms with van der Waals surface area (Å²) in [5, 5.41) is 10.8. The number of nitrogens with one attached hydrogen (secondary N) is 1. The van der Waals surface area contributed by atoms with Crippen LogP contribution in [0, 0.1) is 5.82 Å². The molecule has 2 N–H and O–H groups in total. The Morgan fingerprint density at radius 1 is 1.37 bits per heavy atom. The van der Waals surface area contributed by atoms with Crippen LogP contribution in [-0.4, -0.2) is 34.5 Å². The Morgan fingerprint density at radius 3 is 2.58 bits per heavy atom. The Kier molecular flexibility index (Phi) is 6.35. The van der Waals surface area contributed by atoms with Crippen LogP contribution in [0.3, 0.4) is 0 Å². The van der Waals surface area contributed by atoms with Crippen LogP contribution < -0.4 is 5.32 Å². The normalized spacial score (nSPS) is 11.9. The SMILES string of the molecule is C[C@@H](SCC(=O)NCCc1ccc(F)cc1)C(=O)O. The quantitative estimate of drug-likeness (QED) is 0.800. The second-order valence-electron chi connectivity index (χ2n) is 4.02. The molecule has 0 unspecified atom stereocenters. The summed E-state index contributed by atoms with van der Waals surface area (Å²) in [7, 11) is 0. The van der Waals surface area contributed by atoms with E-state index >= 15 is 0 Å². The molecular weight excluding hydrogens is 269 g/mol. The minimum absolute atomic E-state index is 0.122. The third-order valence-electron chi connectivity index (χ3n) is 2.46. The maximum Gasteiger partial charge on any atom is 0.316 e. The largest absolute Gasteiger partial charge is 0.480 e. The maximum absolute atomic E-state index is 12.7. The summed E-state index contributed by atoms with van der Waals surface area (Å²) in [5.74, 6) is -1.28. The van der Waals surface area contributed by atoms with Gasteiger partial charge in [-0.25, -0.2) is 4.39 Å². The van der Waals surface area contributed by atoms with Crippen molar-refractivity contribution < 1.29 is 19.1 Å². The zero-order valence-electron chi connectivity index (χ0n) is 10.6. The van der Waals surface area contributed by atoms with Gasteiger partial charge in [0.15, 0.2) is 0 Å². The zero-order valence-corrected chi connectivity index (χ0v) is 11.4. The fourth-order valence-corrected chi connectivity index (χ4v) is 1.97. The van der Waals surface area contributed by atoms with Crippen LogP contribution >= 0.6 is 11.8 Å². The van der Waals surface area contributed by atoms with Gasteiger partial charge >= 0.3 is 5.97 Å². The lowest BCUT2D eigenvalue weighted by Crippen LogP contribution is -2.28. The molecule has 0 fully saturated rings. The van der Waals surface area contributed by atoms with Gasteiger partial charge in [-0.1, -0.05) is 12.1 Å². The Labute approximate surface area is 115 Å². The molecule has 4 nitrogen and oxygen atoms in total. The first-order valence-electron chi connectivity index (χ1n) is 5.84. The summed E-state index contributed by atoms with van der Waals surface area (Å²) < 4.78 is 12.7. The number of halogens is 1. The van der Waals surface area contributed by atoms with E-state index in [0.717, 1.165) is 17.3 Å². The first-order valence-corrected chi connectivity index (χ1v) is 6.89. The number of aliphatic carboxylic acids is 1. The standard InChI is InChI=1S/C13H16FNO3S/c1-9(13(17)18)19-8-12(16)15-7-6-10-2-4-11(14)5-3-10/h2-5,9H,6-8H2,1H3,(H,15,16)(H,17,18)/t9-/m1/s1. The first kappa shape index (κ1) is 15.5. The van der Waals surface area contributed by atoms with Crippen molar-refractivity contribution in [2.45, 2.75) is 18.6 Å². The molecule has 6 heteroatoms. The second-order valence-corrected chi connectivity index (χ2v) is 5.35. The van der Waals surface area contributed by atoms with Gasteiger partial charge in [0.05, 0.1) is 11.0 Å². The highest BCUT2D eigenvalue weighted by Gasteiger charge is 2.13. The monoisotopic (exact) mass is 285 g/mol. The molecule has 0 saturated carbocycles. The Morgan fingerprint density at radius 2 is 2.00 bits per heavy atom. The molecule has 0 aliphatic rings. The molecule has 0 saturated heterocycles. The van der Waals surface area contributed by atoms with Crippen LogP contribution in [0.5, 0.6) is 0 Å². The van der Waals surface area contributed by atoms with Crippen LogP contribution in [-0.2, 0) is 16.0 Å². The summed E-state index contributed by atoms with van der Waals surface area (Å²) in [6.45, 7) is 1.99. The highest BCUT2D eigenvalue weighted by atomic mass is 32.2. The molecule has 19 heavy (non-hydrogen) atoms. The molecule has 1 rings (SSSR count). The fourth-order valence-electron chi connectivity index (χ4n) is 1.32. The molecule has 104 valence electrons. The van der Waals surface area contributed by atoms with E-state index in [4.69, 9.17) is 5.11 Å². The van der Waals surface area contributed by atoms with Gasteiger partial charge in [0.1, 0.15) is 5.82 Å². The van der Waals surface area contributed by atoms with E-state index in [-0.39, 0.29) is 17.5 Å². The van der Waals surface area contributed by atoms with Crippen molar-refractivity contribution in [2.75, 3.05) is 12.3 Å². The molecule has 0 heterocycles. The van der Waals surface area contributed by atoms with Crippen molar-refractivity contribution in [3.8, 4) is 0 Å². The molecule has 0 bridgehead atoms. The Balaban J connectivity index is 2.20. The number of amides is 1. The van der Waals surface area contributed by atoms with E-state index in [9.17, 15) is 14.0 Å². The van der Waals surface area contributed by atoms with Gasteiger partial charge in [0, 0.05) is 6.54 Å². The average Bonchev–Trinajstić information content (AvgIpc) is 2.38. The number of benzene rings is 1. The molecule has 0 spiro atoms. The number of carbonyl (C=O) groups is 2. The molecule has 0 aliphatic carbocycles. The highest BCUT2D eigenvalue weighted by Crippen LogP contribution is 2.09. The predicted octanol–water partition coefficient (Wildman–Crippen LogP) is 1.69. The van der Waals surface area contributed by atoms with E-state index in [1.807, 2.05) is 0 Å². The topological polar surface area (TPSA) is 66.4 Å². The number of carboxylic acid groups (broad SMARTS) is 1. The highest BCUT2D eigenvalue weighted by molar-refractivity contribution is 8.01. The van der Waals surface area contributed by atoms with Gasteiger partial charge in [0.2, 0.25) is 5.91 Å². The number of rotatable bonds is 7. The molecule has 1 aromatic rings. The van der Waals surface area contributed by atoms with E-state index < -0.39 is 11.2 Å². The minimum atomic E-state index is -0.927. The average molecular weight is 285 g/mol. The van der Waals surface area contributed by atoms with Crippen LogP contribution in [0.1, 0.15) is 12.5 Å². The van der Waals surface area contributed by atoms with Crippen molar-refractivity contribution in [3.63, 3.8) is 0 Å². The van der Waals surface area contributed by atoms with Crippen LogP contribution in [0.4, 0.5) is 4.39 Å². The third kappa shape index (κ3) is 6.24. The summed E-state index contributed by atoms with van der Waals surface area (Å²) in [5.41, 5.74) is 0.938.